The van der Waals surface area contributed by atoms with E-state index < -0.39 is 0 Å². The molecule has 0 amide bonds. The van der Waals surface area contributed by atoms with Gasteiger partial charge in [0.2, 0.25) is 0 Å². The molecule has 0 aromatic heterocycles. The molecule has 0 N–H and O–H groups in total. The fourth-order valence-corrected chi connectivity index (χ4v) is 6.08. The number of rotatable bonds is 7. The SMILES string of the molecule is CC(=O)O[C@H](C)CC/C=C(\C)CC[C@H]1C(C)=CC[C@@H]2C(C)(C)CCC[C@@]21C. The first-order chi connectivity index (χ1) is 12.6. The molecule has 0 aromatic carbocycles. The van der Waals surface area contributed by atoms with Gasteiger partial charge in [0.1, 0.15) is 0 Å². The maximum atomic E-state index is 11.0. The Morgan fingerprint density at radius 2 is 2.00 bits per heavy atom. The van der Waals surface area contributed by atoms with E-state index in [1.807, 2.05) is 6.92 Å². The molecule has 0 unspecified atom stereocenters. The normalized spacial score (nSPS) is 31.7. The molecule has 0 bridgehead atoms. The van der Waals surface area contributed by atoms with Crippen LogP contribution in [-0.2, 0) is 9.53 Å². The minimum absolute atomic E-state index is 0.0132. The summed E-state index contributed by atoms with van der Waals surface area (Å²) in [5, 5.41) is 0. The van der Waals surface area contributed by atoms with Crippen molar-refractivity contribution in [3.05, 3.63) is 23.3 Å². The Labute approximate surface area is 167 Å². The number of hydrogen-bond donors (Lipinski definition) is 0. The minimum atomic E-state index is -0.180. The van der Waals surface area contributed by atoms with Crippen molar-refractivity contribution < 1.29 is 9.53 Å². The lowest BCUT2D eigenvalue weighted by Gasteiger charge is -2.57. The first-order valence-electron chi connectivity index (χ1n) is 11.1. The Balaban J connectivity index is 1.95. The zero-order valence-corrected chi connectivity index (χ0v) is 18.9. The molecule has 4 atom stereocenters. The lowest BCUT2D eigenvalue weighted by Crippen LogP contribution is -2.48. The fraction of sp³-hybridized carbons (Fsp3) is 0.800. The summed E-state index contributed by atoms with van der Waals surface area (Å²) < 4.78 is 5.22. The van der Waals surface area contributed by atoms with Gasteiger partial charge >= 0.3 is 5.97 Å². The maximum Gasteiger partial charge on any atom is 0.302 e. The maximum absolute atomic E-state index is 11.0. The zero-order chi connectivity index (χ0) is 20.2. The van der Waals surface area contributed by atoms with E-state index in [0.717, 1.165) is 24.7 Å². The summed E-state index contributed by atoms with van der Waals surface area (Å²) in [6.07, 6.45) is 14.7. The lowest BCUT2D eigenvalue weighted by molar-refractivity contribution is -0.145. The largest absolute Gasteiger partial charge is 0.463 e. The van der Waals surface area contributed by atoms with E-state index in [1.54, 1.807) is 5.57 Å². The summed E-state index contributed by atoms with van der Waals surface area (Å²) in [7, 11) is 0. The molecule has 2 nitrogen and oxygen atoms in total. The Bertz CT molecular complexity index is 583. The van der Waals surface area contributed by atoms with Gasteiger partial charge in [-0.2, -0.15) is 0 Å². The van der Waals surface area contributed by atoms with E-state index in [9.17, 15) is 4.79 Å². The van der Waals surface area contributed by atoms with Crippen molar-refractivity contribution in [1.82, 2.24) is 0 Å². The van der Waals surface area contributed by atoms with E-state index >= 15 is 0 Å². The van der Waals surface area contributed by atoms with Crippen molar-refractivity contribution in [3.63, 3.8) is 0 Å². The second-order valence-corrected chi connectivity index (χ2v) is 10.2. The Morgan fingerprint density at radius 1 is 1.30 bits per heavy atom. The summed E-state index contributed by atoms with van der Waals surface area (Å²) >= 11 is 0. The Kier molecular flexibility index (Phi) is 7.39. The van der Waals surface area contributed by atoms with Crippen LogP contribution in [0.15, 0.2) is 23.3 Å². The van der Waals surface area contributed by atoms with Crippen LogP contribution in [0.4, 0.5) is 0 Å². The number of carbonyl (C=O) groups is 1. The quantitative estimate of drug-likeness (QED) is 0.346. The molecule has 2 heteroatoms. The van der Waals surface area contributed by atoms with Crippen LogP contribution >= 0.6 is 0 Å². The Morgan fingerprint density at radius 3 is 2.67 bits per heavy atom. The molecule has 1 fully saturated rings. The van der Waals surface area contributed by atoms with Gasteiger partial charge < -0.3 is 4.74 Å². The van der Waals surface area contributed by atoms with Gasteiger partial charge in [0.15, 0.2) is 0 Å². The van der Waals surface area contributed by atoms with Gasteiger partial charge in [0.05, 0.1) is 6.10 Å². The molecule has 0 saturated heterocycles. The highest BCUT2D eigenvalue weighted by atomic mass is 16.5. The van der Waals surface area contributed by atoms with Crippen LogP contribution in [0.5, 0.6) is 0 Å². The van der Waals surface area contributed by atoms with Crippen molar-refractivity contribution in [2.75, 3.05) is 0 Å². The molecule has 2 rings (SSSR count). The molecule has 2 aliphatic carbocycles. The van der Waals surface area contributed by atoms with Crippen molar-refractivity contribution >= 4 is 5.97 Å². The third kappa shape index (κ3) is 5.48. The van der Waals surface area contributed by atoms with Crippen LogP contribution in [0.2, 0.25) is 0 Å². The molecular formula is C25H42O2. The van der Waals surface area contributed by atoms with Crippen molar-refractivity contribution in [3.8, 4) is 0 Å². The summed E-state index contributed by atoms with van der Waals surface area (Å²) in [5.41, 5.74) is 4.05. The van der Waals surface area contributed by atoms with Gasteiger partial charge in [-0.15, -0.1) is 0 Å². The van der Waals surface area contributed by atoms with Crippen LogP contribution in [0.25, 0.3) is 0 Å². The van der Waals surface area contributed by atoms with E-state index in [1.165, 1.54) is 51.0 Å². The molecule has 0 aromatic rings. The number of fused-ring (bicyclic) bond motifs is 1. The molecule has 27 heavy (non-hydrogen) atoms. The van der Waals surface area contributed by atoms with Gasteiger partial charge in [0.25, 0.3) is 0 Å². The summed E-state index contributed by atoms with van der Waals surface area (Å²) in [5.74, 6) is 1.36. The van der Waals surface area contributed by atoms with Gasteiger partial charge in [0, 0.05) is 6.92 Å². The first kappa shape index (κ1) is 22.2. The number of hydrogen-bond acceptors (Lipinski definition) is 2. The molecule has 0 spiro atoms. The highest BCUT2D eigenvalue weighted by Gasteiger charge is 2.51. The van der Waals surface area contributed by atoms with E-state index in [0.29, 0.717) is 10.8 Å². The van der Waals surface area contributed by atoms with Crippen LogP contribution in [0.1, 0.15) is 99.8 Å². The molecule has 0 heterocycles. The number of esters is 1. The highest BCUT2D eigenvalue weighted by molar-refractivity contribution is 5.66. The standard InChI is InChI=1S/C25H42O2/c1-18(10-8-11-20(3)27-21(4)26)12-14-22-19(2)13-15-23-24(5,6)16-9-17-25(22,23)7/h10,13,20,22-23H,8-9,11-12,14-17H2,1-7H3/b18-10+/t20-,22+,23-,25-/m1/s1. The third-order valence-corrected chi connectivity index (χ3v) is 7.56. The molecular weight excluding hydrogens is 332 g/mol. The second kappa shape index (κ2) is 8.97. The predicted octanol–water partition coefficient (Wildman–Crippen LogP) is 7.24. The van der Waals surface area contributed by atoms with Gasteiger partial charge in [-0.25, -0.2) is 0 Å². The monoisotopic (exact) mass is 374 g/mol. The highest BCUT2D eigenvalue weighted by Crippen LogP contribution is 2.60. The summed E-state index contributed by atoms with van der Waals surface area (Å²) in [6.45, 7) is 15.7. The third-order valence-electron chi connectivity index (χ3n) is 7.56. The van der Waals surface area contributed by atoms with E-state index in [2.05, 4.69) is 46.8 Å². The molecule has 1 saturated carbocycles. The predicted molar refractivity (Wildman–Crippen MR) is 115 cm³/mol. The molecule has 0 aliphatic heterocycles. The first-order valence-corrected chi connectivity index (χ1v) is 11.1. The summed E-state index contributed by atoms with van der Waals surface area (Å²) in [6, 6.07) is 0. The summed E-state index contributed by atoms with van der Waals surface area (Å²) in [4.78, 5) is 11.0. The minimum Gasteiger partial charge on any atom is -0.463 e. The Hall–Kier alpha value is -1.05. The van der Waals surface area contributed by atoms with Gasteiger partial charge in [-0.05, 0) is 88.4 Å². The number of ether oxygens (including phenoxy) is 1. The topological polar surface area (TPSA) is 26.3 Å². The smallest absolute Gasteiger partial charge is 0.302 e. The van der Waals surface area contributed by atoms with Crippen molar-refractivity contribution in [2.45, 2.75) is 106 Å². The molecule has 2 aliphatic rings. The zero-order valence-electron chi connectivity index (χ0n) is 18.9. The molecule has 154 valence electrons. The van der Waals surface area contributed by atoms with Crippen LogP contribution in [0.3, 0.4) is 0 Å². The lowest BCUT2D eigenvalue weighted by atomic mass is 9.48. The van der Waals surface area contributed by atoms with Crippen molar-refractivity contribution in [1.29, 1.82) is 0 Å². The molecule has 0 radical (unpaired) electrons. The average Bonchev–Trinajstić information content (AvgIpc) is 2.52. The number of allylic oxidation sites excluding steroid dienone is 4. The van der Waals surface area contributed by atoms with Crippen LogP contribution in [-0.4, -0.2) is 12.1 Å². The van der Waals surface area contributed by atoms with Crippen LogP contribution < -0.4 is 0 Å². The fourth-order valence-electron chi connectivity index (χ4n) is 6.08. The van der Waals surface area contributed by atoms with Crippen molar-refractivity contribution in [2.24, 2.45) is 22.7 Å². The second-order valence-electron chi connectivity index (χ2n) is 10.2. The van der Waals surface area contributed by atoms with E-state index in [4.69, 9.17) is 4.74 Å². The van der Waals surface area contributed by atoms with Crippen LogP contribution in [0, 0.1) is 22.7 Å². The van der Waals surface area contributed by atoms with Gasteiger partial charge in [-0.1, -0.05) is 50.5 Å². The van der Waals surface area contributed by atoms with Gasteiger partial charge in [-0.3, -0.25) is 4.79 Å². The van der Waals surface area contributed by atoms with E-state index in [-0.39, 0.29) is 12.1 Å². The number of carbonyl (C=O) groups excluding carboxylic acids is 1. The average molecular weight is 375 g/mol.